The number of rotatable bonds is 7. The summed E-state index contributed by atoms with van der Waals surface area (Å²) in [5, 5.41) is 11.1. The molecule has 0 aliphatic carbocycles. The maximum atomic E-state index is 12.4. The number of hydrogen-bond donors (Lipinski definition) is 1. The molecule has 1 amide bonds. The van der Waals surface area contributed by atoms with Crippen molar-refractivity contribution in [2.75, 3.05) is 16.8 Å². The summed E-state index contributed by atoms with van der Waals surface area (Å²) in [6.07, 6.45) is 1.16. The normalized spacial score (nSPS) is 13.6. The summed E-state index contributed by atoms with van der Waals surface area (Å²) in [4.78, 5) is 23.8. The molecule has 0 spiro atoms. The van der Waals surface area contributed by atoms with Crippen LogP contribution < -0.4 is 5.32 Å². The van der Waals surface area contributed by atoms with Crippen molar-refractivity contribution in [3.05, 3.63) is 29.3 Å². The second-order valence-electron chi connectivity index (χ2n) is 6.17. The number of ketones is 1. The van der Waals surface area contributed by atoms with E-state index in [1.807, 2.05) is 12.1 Å². The Morgan fingerprint density at radius 2 is 2.00 bits per heavy atom. The van der Waals surface area contributed by atoms with E-state index in [1.54, 1.807) is 17.8 Å². The number of aromatic nitrogens is 2. The zero-order chi connectivity index (χ0) is 17.8. The first-order valence-electron chi connectivity index (χ1n) is 8.06. The molecule has 132 valence electrons. The maximum absolute atomic E-state index is 12.4. The van der Waals surface area contributed by atoms with Gasteiger partial charge in [-0.2, -0.15) is 0 Å². The molecule has 8 heteroatoms. The van der Waals surface area contributed by atoms with E-state index in [4.69, 9.17) is 0 Å². The number of aryl methyl sites for hydroxylation is 1. The average molecular weight is 394 g/mol. The number of anilines is 1. The topological polar surface area (TPSA) is 72.0 Å². The first-order chi connectivity index (χ1) is 12.0. The second kappa shape index (κ2) is 8.33. The van der Waals surface area contributed by atoms with Crippen molar-refractivity contribution >= 4 is 52.2 Å². The molecule has 0 saturated heterocycles. The molecule has 3 rings (SSSR count). The van der Waals surface area contributed by atoms with E-state index < -0.39 is 0 Å². The van der Waals surface area contributed by atoms with Crippen molar-refractivity contribution in [1.82, 2.24) is 10.2 Å². The van der Waals surface area contributed by atoms with Gasteiger partial charge in [0, 0.05) is 23.4 Å². The van der Waals surface area contributed by atoms with Gasteiger partial charge >= 0.3 is 0 Å². The molecule has 25 heavy (non-hydrogen) atoms. The minimum atomic E-state index is 0.0320. The van der Waals surface area contributed by atoms with Crippen molar-refractivity contribution in [1.29, 1.82) is 0 Å². The number of nitrogens with zero attached hydrogens (tertiary/aromatic N) is 2. The quantitative estimate of drug-likeness (QED) is 0.563. The van der Waals surface area contributed by atoms with Gasteiger partial charge in [-0.3, -0.25) is 9.59 Å². The molecular formula is C17H19N3O2S3. The van der Waals surface area contributed by atoms with Gasteiger partial charge in [0.1, 0.15) is 0 Å². The van der Waals surface area contributed by atoms with E-state index in [0.717, 1.165) is 25.7 Å². The summed E-state index contributed by atoms with van der Waals surface area (Å²) >= 11 is 4.68. The Hall–Kier alpha value is -1.38. The van der Waals surface area contributed by atoms with Crippen molar-refractivity contribution in [2.45, 2.75) is 35.4 Å². The number of amides is 1. The summed E-state index contributed by atoms with van der Waals surface area (Å²) in [6, 6.07) is 5.48. The molecule has 2 heterocycles. The van der Waals surface area contributed by atoms with Crippen LogP contribution in [0.1, 0.15) is 36.2 Å². The third-order valence-electron chi connectivity index (χ3n) is 3.58. The van der Waals surface area contributed by atoms with Crippen molar-refractivity contribution in [3.8, 4) is 0 Å². The Kier molecular flexibility index (Phi) is 6.14. The highest BCUT2D eigenvalue weighted by Gasteiger charge is 2.17. The smallest absolute Gasteiger partial charge is 0.224 e. The molecule has 0 atom stereocenters. The molecule has 1 aliphatic heterocycles. The van der Waals surface area contributed by atoms with Crippen LogP contribution in [0.3, 0.4) is 0 Å². The zero-order valence-electron chi connectivity index (χ0n) is 14.1. The number of nitrogens with one attached hydrogen (secondary N) is 1. The largest absolute Gasteiger partial charge is 0.326 e. The molecule has 1 aliphatic rings. The molecule has 0 fully saturated rings. The van der Waals surface area contributed by atoms with E-state index in [9.17, 15) is 9.59 Å². The predicted molar refractivity (Wildman–Crippen MR) is 104 cm³/mol. The molecule has 1 aromatic carbocycles. The highest BCUT2D eigenvalue weighted by Crippen LogP contribution is 2.30. The fraction of sp³-hybridized carbons (Fsp3) is 0.412. The van der Waals surface area contributed by atoms with Crippen molar-refractivity contribution in [2.24, 2.45) is 5.92 Å². The molecular weight excluding hydrogens is 374 g/mol. The van der Waals surface area contributed by atoms with Crippen LogP contribution in [0, 0.1) is 5.92 Å². The van der Waals surface area contributed by atoms with Crippen LogP contribution in [-0.4, -0.2) is 33.4 Å². The van der Waals surface area contributed by atoms with Gasteiger partial charge in [0.2, 0.25) is 5.91 Å². The minimum absolute atomic E-state index is 0.0320. The van der Waals surface area contributed by atoms with Gasteiger partial charge in [-0.25, -0.2) is 0 Å². The number of thioether (sulfide) groups is 2. The lowest BCUT2D eigenvalue weighted by Crippen LogP contribution is -2.19. The Labute approximate surface area is 159 Å². The maximum Gasteiger partial charge on any atom is 0.224 e. The Morgan fingerprint density at radius 3 is 2.76 bits per heavy atom. The zero-order valence-corrected chi connectivity index (χ0v) is 16.5. The molecule has 1 aromatic heterocycles. The van der Waals surface area contributed by atoms with E-state index in [-0.39, 0.29) is 11.7 Å². The number of Topliss-reactive ketones (excluding diaryl/α,β-unsaturated/α-hetero) is 1. The number of fused-ring (bicyclic) bond motifs is 1. The number of hydrogen-bond acceptors (Lipinski definition) is 7. The summed E-state index contributed by atoms with van der Waals surface area (Å²) in [5.41, 5.74) is 2.52. The van der Waals surface area contributed by atoms with E-state index >= 15 is 0 Å². The highest BCUT2D eigenvalue weighted by atomic mass is 32.2. The third kappa shape index (κ3) is 5.05. The molecule has 1 N–H and O–H groups in total. The van der Waals surface area contributed by atoms with Gasteiger partial charge in [-0.1, -0.05) is 48.7 Å². The summed E-state index contributed by atoms with van der Waals surface area (Å²) < 4.78 is 1.78. The van der Waals surface area contributed by atoms with Crippen molar-refractivity contribution < 1.29 is 9.59 Å². The van der Waals surface area contributed by atoms with E-state index in [0.29, 0.717) is 30.1 Å². The molecule has 5 nitrogen and oxygen atoms in total. The van der Waals surface area contributed by atoms with Gasteiger partial charge in [-0.05, 0) is 36.1 Å². The lowest BCUT2D eigenvalue weighted by atomic mass is 9.99. The number of benzene rings is 1. The van der Waals surface area contributed by atoms with Gasteiger partial charge in [0.05, 0.1) is 5.75 Å². The Morgan fingerprint density at radius 1 is 1.24 bits per heavy atom. The predicted octanol–water partition coefficient (Wildman–Crippen LogP) is 4.15. The third-order valence-corrected chi connectivity index (χ3v) is 7.19. The van der Waals surface area contributed by atoms with Gasteiger partial charge in [-0.15, -0.1) is 10.2 Å². The lowest BCUT2D eigenvalue weighted by molar-refractivity contribution is -0.116. The van der Waals surface area contributed by atoms with Crippen LogP contribution in [0.15, 0.2) is 26.9 Å². The van der Waals surface area contributed by atoms with Crippen LogP contribution in [0.25, 0.3) is 0 Å². The standard InChI is InChI=1S/C17H19N3O2S3/c1-10(2)8-23-16-19-20-17(25-16)24-9-14(21)12-3-5-13-11(7-12)4-6-15(22)18-13/h3,5,7,10H,4,6,8-9H2,1-2H3,(H,18,22). The van der Waals surface area contributed by atoms with E-state index in [2.05, 4.69) is 29.4 Å². The summed E-state index contributed by atoms with van der Waals surface area (Å²) in [7, 11) is 0. The fourth-order valence-electron chi connectivity index (χ4n) is 2.32. The van der Waals surface area contributed by atoms with E-state index in [1.165, 1.54) is 23.1 Å². The number of carbonyl (C=O) groups is 2. The highest BCUT2D eigenvalue weighted by molar-refractivity contribution is 8.03. The van der Waals surface area contributed by atoms with Crippen LogP contribution >= 0.6 is 34.9 Å². The number of carbonyl (C=O) groups excluding carboxylic acids is 2. The van der Waals surface area contributed by atoms with Crippen LogP contribution in [0.4, 0.5) is 5.69 Å². The Balaban J connectivity index is 1.57. The SMILES string of the molecule is CC(C)CSc1nnc(SCC(=O)c2ccc3c(c2)CCC(=O)N3)s1. The van der Waals surface area contributed by atoms with Crippen LogP contribution in [0.2, 0.25) is 0 Å². The van der Waals surface area contributed by atoms with Crippen molar-refractivity contribution in [3.63, 3.8) is 0 Å². The monoisotopic (exact) mass is 393 g/mol. The van der Waals surface area contributed by atoms with Gasteiger partial charge < -0.3 is 5.32 Å². The Bertz CT molecular complexity index is 789. The first-order valence-corrected chi connectivity index (χ1v) is 10.8. The van der Waals surface area contributed by atoms with Crippen LogP contribution in [0.5, 0.6) is 0 Å². The average Bonchev–Trinajstić information content (AvgIpc) is 3.05. The lowest BCUT2D eigenvalue weighted by Gasteiger charge is -2.17. The van der Waals surface area contributed by atoms with Crippen LogP contribution in [-0.2, 0) is 11.2 Å². The first kappa shape index (κ1) is 18.4. The molecule has 0 unspecified atom stereocenters. The fourth-order valence-corrected chi connectivity index (χ4v) is 5.21. The second-order valence-corrected chi connectivity index (χ2v) is 9.64. The molecule has 0 radical (unpaired) electrons. The molecule has 0 bridgehead atoms. The molecule has 0 saturated carbocycles. The van der Waals surface area contributed by atoms with Gasteiger partial charge in [0.25, 0.3) is 0 Å². The van der Waals surface area contributed by atoms with Gasteiger partial charge in [0.15, 0.2) is 14.5 Å². The summed E-state index contributed by atoms with van der Waals surface area (Å²) in [6.45, 7) is 4.35. The minimum Gasteiger partial charge on any atom is -0.326 e. The molecule has 2 aromatic rings. The summed E-state index contributed by atoms with van der Waals surface area (Å²) in [5.74, 6) is 2.07.